The van der Waals surface area contributed by atoms with Gasteiger partial charge in [0, 0.05) is 24.2 Å². The summed E-state index contributed by atoms with van der Waals surface area (Å²) < 4.78 is 14.0. The topological polar surface area (TPSA) is 85.6 Å². The van der Waals surface area contributed by atoms with Gasteiger partial charge in [-0.05, 0) is 49.8 Å². The van der Waals surface area contributed by atoms with Gasteiger partial charge in [0.15, 0.2) is 5.65 Å². The van der Waals surface area contributed by atoms with Crippen LogP contribution in [0, 0.1) is 12.8 Å². The third-order valence-electron chi connectivity index (χ3n) is 5.75. The van der Waals surface area contributed by atoms with E-state index in [9.17, 15) is 0 Å². The maximum atomic E-state index is 6.17. The van der Waals surface area contributed by atoms with Crippen molar-refractivity contribution in [3.05, 3.63) is 41.1 Å². The minimum atomic E-state index is 0.0765. The SMILES string of the molecule is Cc1ccc(CNc2nc(OC3CCCNC3)nc3c(C(C)C)cnn23)c(OCC(C)C)c1. The van der Waals surface area contributed by atoms with Crippen LogP contribution in [0.25, 0.3) is 5.65 Å². The van der Waals surface area contributed by atoms with Crippen molar-refractivity contribution in [1.82, 2.24) is 24.9 Å². The Balaban J connectivity index is 1.61. The molecule has 4 rings (SSSR count). The number of hydrogen-bond acceptors (Lipinski definition) is 7. The average Bonchev–Trinajstić information content (AvgIpc) is 3.22. The molecule has 1 aromatic carbocycles. The Labute approximate surface area is 196 Å². The Kier molecular flexibility index (Phi) is 7.33. The second kappa shape index (κ2) is 10.4. The molecule has 0 radical (unpaired) electrons. The van der Waals surface area contributed by atoms with Crippen LogP contribution in [0.3, 0.4) is 0 Å². The van der Waals surface area contributed by atoms with Crippen LogP contribution in [0.15, 0.2) is 24.4 Å². The molecule has 0 spiro atoms. The van der Waals surface area contributed by atoms with E-state index in [0.717, 1.165) is 48.5 Å². The molecule has 3 aromatic rings. The fourth-order valence-corrected chi connectivity index (χ4v) is 3.89. The van der Waals surface area contributed by atoms with Gasteiger partial charge in [-0.1, -0.05) is 39.8 Å². The number of benzene rings is 1. The number of piperidine rings is 1. The second-order valence-corrected chi connectivity index (χ2v) is 9.58. The third-order valence-corrected chi connectivity index (χ3v) is 5.75. The molecule has 0 amide bonds. The monoisotopic (exact) mass is 452 g/mol. The van der Waals surface area contributed by atoms with Gasteiger partial charge < -0.3 is 20.1 Å². The molecule has 3 heterocycles. The lowest BCUT2D eigenvalue weighted by atomic mass is 10.1. The van der Waals surface area contributed by atoms with E-state index in [1.807, 2.05) is 6.20 Å². The predicted octanol–water partition coefficient (Wildman–Crippen LogP) is 4.33. The van der Waals surface area contributed by atoms with E-state index in [-0.39, 0.29) is 6.10 Å². The molecule has 2 aromatic heterocycles. The molecule has 1 aliphatic heterocycles. The zero-order valence-electron chi connectivity index (χ0n) is 20.4. The quantitative estimate of drug-likeness (QED) is 0.500. The summed E-state index contributed by atoms with van der Waals surface area (Å²) >= 11 is 0. The molecule has 0 bridgehead atoms. The Morgan fingerprint density at radius 3 is 2.79 bits per heavy atom. The molecule has 33 heavy (non-hydrogen) atoms. The van der Waals surface area contributed by atoms with E-state index >= 15 is 0 Å². The number of ether oxygens (including phenoxy) is 2. The number of fused-ring (bicyclic) bond motifs is 1. The third kappa shape index (κ3) is 5.74. The lowest BCUT2D eigenvalue weighted by Crippen LogP contribution is -2.37. The molecule has 8 nitrogen and oxygen atoms in total. The van der Waals surface area contributed by atoms with Gasteiger partial charge in [-0.15, -0.1) is 0 Å². The molecule has 1 aliphatic rings. The summed E-state index contributed by atoms with van der Waals surface area (Å²) in [6.07, 6.45) is 4.04. The molecule has 1 fully saturated rings. The molecule has 2 N–H and O–H groups in total. The van der Waals surface area contributed by atoms with E-state index in [1.54, 1.807) is 4.52 Å². The largest absolute Gasteiger partial charge is 0.493 e. The first-order valence-electron chi connectivity index (χ1n) is 12.0. The van der Waals surface area contributed by atoms with Crippen LogP contribution in [0.5, 0.6) is 11.8 Å². The van der Waals surface area contributed by atoms with Crippen molar-refractivity contribution in [2.24, 2.45) is 5.92 Å². The molecule has 1 saturated heterocycles. The fourth-order valence-electron chi connectivity index (χ4n) is 3.89. The van der Waals surface area contributed by atoms with Gasteiger partial charge in [0.25, 0.3) is 0 Å². The van der Waals surface area contributed by atoms with Gasteiger partial charge in [0.2, 0.25) is 5.95 Å². The molecule has 8 heteroatoms. The van der Waals surface area contributed by atoms with E-state index < -0.39 is 0 Å². The van der Waals surface area contributed by atoms with E-state index in [2.05, 4.69) is 68.6 Å². The van der Waals surface area contributed by atoms with Crippen LogP contribution in [-0.2, 0) is 6.54 Å². The van der Waals surface area contributed by atoms with Crippen LogP contribution >= 0.6 is 0 Å². The van der Waals surface area contributed by atoms with Gasteiger partial charge in [0.05, 0.1) is 12.8 Å². The summed E-state index contributed by atoms with van der Waals surface area (Å²) in [6, 6.07) is 6.68. The smallest absolute Gasteiger partial charge is 0.322 e. The van der Waals surface area contributed by atoms with E-state index in [1.165, 1.54) is 5.56 Å². The highest BCUT2D eigenvalue weighted by Crippen LogP contribution is 2.26. The molecule has 1 atom stereocenters. The van der Waals surface area contributed by atoms with Crippen LogP contribution in [0.2, 0.25) is 0 Å². The predicted molar refractivity (Wildman–Crippen MR) is 130 cm³/mol. The molecular formula is C25H36N6O2. The highest BCUT2D eigenvalue weighted by molar-refractivity contribution is 5.53. The van der Waals surface area contributed by atoms with Crippen molar-refractivity contribution in [3.8, 4) is 11.8 Å². The van der Waals surface area contributed by atoms with Crippen molar-refractivity contribution in [2.75, 3.05) is 25.0 Å². The second-order valence-electron chi connectivity index (χ2n) is 9.58. The van der Waals surface area contributed by atoms with Gasteiger partial charge >= 0.3 is 6.01 Å². The first-order chi connectivity index (χ1) is 15.9. The summed E-state index contributed by atoms with van der Waals surface area (Å²) in [5, 5.41) is 11.4. The Morgan fingerprint density at radius 1 is 1.21 bits per heavy atom. The maximum absolute atomic E-state index is 6.17. The standard InChI is InChI=1S/C25H36N6O2/c1-16(2)15-32-22-11-18(5)8-9-19(22)12-27-24-30-25(33-20-7-6-10-26-13-20)29-23-21(17(3)4)14-28-31(23)24/h8-9,11,14,16-17,20,26H,6-7,10,12-13,15H2,1-5H3,(H,27,29,30). The lowest BCUT2D eigenvalue weighted by molar-refractivity contribution is 0.153. The van der Waals surface area contributed by atoms with E-state index in [4.69, 9.17) is 19.4 Å². The van der Waals surface area contributed by atoms with E-state index in [0.29, 0.717) is 36.9 Å². The van der Waals surface area contributed by atoms with Gasteiger partial charge in [-0.3, -0.25) is 0 Å². The van der Waals surface area contributed by atoms with Gasteiger partial charge in [-0.25, -0.2) is 0 Å². The minimum Gasteiger partial charge on any atom is -0.493 e. The average molecular weight is 453 g/mol. The summed E-state index contributed by atoms with van der Waals surface area (Å²) in [4.78, 5) is 9.41. The highest BCUT2D eigenvalue weighted by atomic mass is 16.5. The molecule has 1 unspecified atom stereocenters. The molecule has 0 aliphatic carbocycles. The number of anilines is 1. The maximum Gasteiger partial charge on any atom is 0.322 e. The fraction of sp³-hybridized carbons (Fsp3) is 0.560. The normalized spacial score (nSPS) is 16.5. The number of nitrogens with zero attached hydrogens (tertiary/aromatic N) is 4. The number of rotatable bonds is 9. The van der Waals surface area contributed by atoms with Crippen LogP contribution in [0.1, 0.15) is 63.1 Å². The number of aromatic nitrogens is 4. The van der Waals surface area contributed by atoms with Crippen molar-refractivity contribution >= 4 is 11.6 Å². The first-order valence-corrected chi connectivity index (χ1v) is 12.0. The van der Waals surface area contributed by atoms with Crippen LogP contribution in [-0.4, -0.2) is 45.4 Å². The number of hydrogen-bond donors (Lipinski definition) is 2. The van der Waals surface area contributed by atoms with Crippen LogP contribution < -0.4 is 20.1 Å². The summed E-state index contributed by atoms with van der Waals surface area (Å²) in [6.45, 7) is 13.7. The lowest BCUT2D eigenvalue weighted by Gasteiger charge is -2.23. The highest BCUT2D eigenvalue weighted by Gasteiger charge is 2.20. The number of nitrogens with one attached hydrogen (secondary N) is 2. The first kappa shape index (κ1) is 23.3. The van der Waals surface area contributed by atoms with Crippen molar-refractivity contribution in [3.63, 3.8) is 0 Å². The summed E-state index contributed by atoms with van der Waals surface area (Å²) in [5.74, 6) is 2.26. The summed E-state index contributed by atoms with van der Waals surface area (Å²) in [7, 11) is 0. The Morgan fingerprint density at radius 2 is 2.06 bits per heavy atom. The zero-order chi connectivity index (χ0) is 23.4. The van der Waals surface area contributed by atoms with Gasteiger partial charge in [0.1, 0.15) is 11.9 Å². The molecular weight excluding hydrogens is 416 g/mol. The Bertz CT molecular complexity index is 1070. The van der Waals surface area contributed by atoms with Crippen molar-refractivity contribution in [2.45, 2.75) is 66.0 Å². The molecule has 0 saturated carbocycles. The number of aryl methyl sites for hydroxylation is 1. The van der Waals surface area contributed by atoms with Crippen molar-refractivity contribution in [1.29, 1.82) is 0 Å². The summed E-state index contributed by atoms with van der Waals surface area (Å²) in [5.41, 5.74) is 4.10. The van der Waals surface area contributed by atoms with Crippen LogP contribution in [0.4, 0.5) is 5.95 Å². The minimum absolute atomic E-state index is 0.0765. The Hall–Kier alpha value is -2.87. The van der Waals surface area contributed by atoms with Crippen molar-refractivity contribution < 1.29 is 9.47 Å². The van der Waals surface area contributed by atoms with Gasteiger partial charge in [-0.2, -0.15) is 19.6 Å². The zero-order valence-corrected chi connectivity index (χ0v) is 20.4. The molecule has 178 valence electrons.